The number of likely N-dealkylation sites (tertiary alicyclic amines) is 1. The molecule has 2 aromatic carbocycles. The summed E-state index contributed by atoms with van der Waals surface area (Å²) in [5.74, 6) is 0.588. The molecule has 0 radical (unpaired) electrons. The number of hydrogen-bond donors (Lipinski definition) is 0. The third kappa shape index (κ3) is 3.95. The van der Waals surface area contributed by atoms with E-state index in [4.69, 9.17) is 4.74 Å². The molecule has 0 spiro atoms. The smallest absolute Gasteiger partial charge is 0.282 e. The largest absolute Gasteiger partial charge is 0.497 e. The van der Waals surface area contributed by atoms with Crippen LogP contribution in [0.15, 0.2) is 53.3 Å². The zero-order valence-corrected chi connectivity index (χ0v) is 17.5. The molecule has 4 rings (SSSR count). The number of hydrogen-bond acceptors (Lipinski definition) is 4. The number of piperidine rings is 1. The number of methoxy groups -OCH3 is 1. The molecule has 1 aliphatic rings. The summed E-state index contributed by atoms with van der Waals surface area (Å²) in [6.07, 6.45) is 4.70. The van der Waals surface area contributed by atoms with Crippen molar-refractivity contribution in [2.45, 2.75) is 38.1 Å². The first-order chi connectivity index (χ1) is 14.6. The molecule has 1 amide bonds. The summed E-state index contributed by atoms with van der Waals surface area (Å²) in [4.78, 5) is 32.5. The number of nitrogens with zero attached hydrogens (tertiary/aromatic N) is 3. The molecule has 0 aliphatic carbocycles. The average Bonchev–Trinajstić information content (AvgIpc) is 2.80. The molecule has 0 N–H and O–H groups in total. The molecule has 2 heterocycles. The Labute approximate surface area is 176 Å². The van der Waals surface area contributed by atoms with Gasteiger partial charge in [-0.25, -0.2) is 4.98 Å². The fourth-order valence-electron chi connectivity index (χ4n) is 4.28. The van der Waals surface area contributed by atoms with Gasteiger partial charge in [0.1, 0.15) is 5.75 Å². The topological polar surface area (TPSA) is 64.4 Å². The predicted octanol–water partition coefficient (Wildman–Crippen LogP) is 3.57. The van der Waals surface area contributed by atoms with Crippen LogP contribution in [0.3, 0.4) is 0 Å². The van der Waals surface area contributed by atoms with E-state index >= 15 is 0 Å². The average molecular weight is 405 g/mol. The van der Waals surface area contributed by atoms with Crippen LogP contribution in [0.1, 0.15) is 41.7 Å². The maximum Gasteiger partial charge on any atom is 0.282 e. The minimum Gasteiger partial charge on any atom is -0.497 e. The predicted molar refractivity (Wildman–Crippen MR) is 117 cm³/mol. The number of para-hydroxylation sites is 2. The first-order valence-corrected chi connectivity index (χ1v) is 10.5. The third-order valence-corrected chi connectivity index (χ3v) is 5.97. The van der Waals surface area contributed by atoms with Crippen molar-refractivity contribution >= 4 is 16.9 Å². The van der Waals surface area contributed by atoms with Gasteiger partial charge in [-0.1, -0.05) is 24.3 Å². The van der Waals surface area contributed by atoms with Gasteiger partial charge in [-0.2, -0.15) is 0 Å². The Kier molecular flexibility index (Phi) is 5.84. The second-order valence-electron chi connectivity index (χ2n) is 7.85. The van der Waals surface area contributed by atoms with E-state index in [0.29, 0.717) is 12.1 Å². The second-order valence-corrected chi connectivity index (χ2v) is 7.85. The molecular formula is C24H27N3O3. The quantitative estimate of drug-likeness (QED) is 0.651. The van der Waals surface area contributed by atoms with Crippen molar-refractivity contribution in [3.8, 4) is 5.75 Å². The molecule has 1 atom stereocenters. The highest BCUT2D eigenvalue weighted by molar-refractivity contribution is 5.94. The minimum atomic E-state index is -0.337. The van der Waals surface area contributed by atoms with Crippen LogP contribution in [0.2, 0.25) is 0 Å². The van der Waals surface area contributed by atoms with Crippen LogP contribution in [-0.2, 0) is 13.5 Å². The Morgan fingerprint density at radius 1 is 1.17 bits per heavy atom. The highest BCUT2D eigenvalue weighted by atomic mass is 16.5. The first-order valence-electron chi connectivity index (χ1n) is 10.5. The van der Waals surface area contributed by atoms with E-state index in [-0.39, 0.29) is 23.2 Å². The maximum atomic E-state index is 13.4. The van der Waals surface area contributed by atoms with Gasteiger partial charge in [0.05, 0.1) is 18.1 Å². The van der Waals surface area contributed by atoms with Gasteiger partial charge in [-0.3, -0.25) is 9.59 Å². The number of carbonyl (C=O) groups is 1. The molecular weight excluding hydrogens is 378 g/mol. The van der Waals surface area contributed by atoms with Crippen molar-refractivity contribution in [2.24, 2.45) is 7.05 Å². The Hall–Kier alpha value is -3.15. The number of amides is 1. The van der Waals surface area contributed by atoms with Crippen molar-refractivity contribution in [3.05, 3.63) is 70.1 Å². The molecule has 6 nitrogen and oxygen atoms in total. The summed E-state index contributed by atoms with van der Waals surface area (Å²) in [6, 6.07) is 15.6. The van der Waals surface area contributed by atoms with E-state index < -0.39 is 0 Å². The van der Waals surface area contributed by atoms with Crippen molar-refractivity contribution in [1.29, 1.82) is 0 Å². The number of aromatic nitrogens is 2. The number of benzene rings is 2. The van der Waals surface area contributed by atoms with E-state index in [1.807, 2.05) is 47.4 Å². The fourth-order valence-corrected chi connectivity index (χ4v) is 4.28. The number of rotatable bonds is 5. The molecule has 1 aliphatic heterocycles. The SMILES string of the molecule is COc1cccc(CCC2CCCCN2C(=O)c2nc3ccccc3n(C)c2=O)c1. The number of ether oxygens (including phenoxy) is 1. The summed E-state index contributed by atoms with van der Waals surface area (Å²) in [5, 5.41) is 0. The molecule has 3 aromatic rings. The zero-order chi connectivity index (χ0) is 21.1. The number of fused-ring (bicyclic) bond motifs is 1. The van der Waals surface area contributed by atoms with Crippen molar-refractivity contribution in [3.63, 3.8) is 0 Å². The Balaban J connectivity index is 1.58. The lowest BCUT2D eigenvalue weighted by molar-refractivity contribution is 0.0593. The lowest BCUT2D eigenvalue weighted by Gasteiger charge is -2.35. The second kappa shape index (κ2) is 8.69. The van der Waals surface area contributed by atoms with E-state index in [1.54, 1.807) is 14.2 Å². The minimum absolute atomic E-state index is 0.0180. The van der Waals surface area contributed by atoms with Gasteiger partial charge in [0.2, 0.25) is 0 Å². The van der Waals surface area contributed by atoms with Crippen molar-refractivity contribution in [1.82, 2.24) is 14.5 Å². The van der Waals surface area contributed by atoms with E-state index in [9.17, 15) is 9.59 Å². The summed E-state index contributed by atoms with van der Waals surface area (Å²) in [5.41, 5.74) is 2.26. The molecule has 1 saturated heterocycles. The molecule has 1 unspecified atom stereocenters. The van der Waals surface area contributed by atoms with Crippen LogP contribution in [0.4, 0.5) is 0 Å². The molecule has 30 heavy (non-hydrogen) atoms. The lowest BCUT2D eigenvalue weighted by Crippen LogP contribution is -2.46. The summed E-state index contributed by atoms with van der Waals surface area (Å²) in [7, 11) is 3.36. The monoisotopic (exact) mass is 405 g/mol. The van der Waals surface area contributed by atoms with Gasteiger partial charge >= 0.3 is 0 Å². The Morgan fingerprint density at radius 2 is 2.00 bits per heavy atom. The Bertz CT molecular complexity index is 1120. The van der Waals surface area contributed by atoms with Gasteiger partial charge in [-0.05, 0) is 61.9 Å². The van der Waals surface area contributed by atoms with Gasteiger partial charge in [0, 0.05) is 19.6 Å². The van der Waals surface area contributed by atoms with Crippen molar-refractivity contribution < 1.29 is 9.53 Å². The standard InChI is InChI=1S/C24H27N3O3/c1-26-21-12-4-3-11-20(21)25-22(23(26)28)24(29)27-15-6-5-9-18(27)14-13-17-8-7-10-19(16-17)30-2/h3-4,7-8,10-12,16,18H,5-6,9,13-15H2,1-2H3. The lowest BCUT2D eigenvalue weighted by atomic mass is 9.95. The Morgan fingerprint density at radius 3 is 2.83 bits per heavy atom. The van der Waals surface area contributed by atoms with Gasteiger partial charge in [-0.15, -0.1) is 0 Å². The van der Waals surface area contributed by atoms with Gasteiger partial charge < -0.3 is 14.2 Å². The summed E-state index contributed by atoms with van der Waals surface area (Å²) < 4.78 is 6.83. The van der Waals surface area contributed by atoms with Crippen molar-refractivity contribution in [2.75, 3.05) is 13.7 Å². The van der Waals surface area contributed by atoms with Crippen LogP contribution in [0, 0.1) is 0 Å². The highest BCUT2D eigenvalue weighted by Gasteiger charge is 2.30. The summed E-state index contributed by atoms with van der Waals surface area (Å²) in [6.45, 7) is 0.666. The molecule has 1 aromatic heterocycles. The maximum absolute atomic E-state index is 13.4. The van der Waals surface area contributed by atoms with Crippen LogP contribution >= 0.6 is 0 Å². The fraction of sp³-hybridized carbons (Fsp3) is 0.375. The molecule has 0 saturated carbocycles. The first kappa shape index (κ1) is 20.1. The molecule has 156 valence electrons. The summed E-state index contributed by atoms with van der Waals surface area (Å²) >= 11 is 0. The van der Waals surface area contributed by atoms with E-state index in [2.05, 4.69) is 11.1 Å². The van der Waals surface area contributed by atoms with Gasteiger partial charge in [0.15, 0.2) is 5.69 Å². The number of carbonyl (C=O) groups excluding carboxylic acids is 1. The molecule has 1 fully saturated rings. The van der Waals surface area contributed by atoms with Crippen LogP contribution in [0.5, 0.6) is 5.75 Å². The van der Waals surface area contributed by atoms with Crippen LogP contribution in [-0.4, -0.2) is 40.1 Å². The zero-order valence-electron chi connectivity index (χ0n) is 17.5. The third-order valence-electron chi connectivity index (χ3n) is 5.97. The van der Waals surface area contributed by atoms with E-state index in [0.717, 1.165) is 43.4 Å². The van der Waals surface area contributed by atoms with Crippen LogP contribution in [0.25, 0.3) is 11.0 Å². The molecule has 6 heteroatoms. The highest BCUT2D eigenvalue weighted by Crippen LogP contribution is 2.24. The van der Waals surface area contributed by atoms with Gasteiger partial charge in [0.25, 0.3) is 11.5 Å². The van der Waals surface area contributed by atoms with E-state index in [1.165, 1.54) is 10.1 Å². The molecule has 0 bridgehead atoms. The normalized spacial score (nSPS) is 16.6. The van der Waals surface area contributed by atoms with Crippen LogP contribution < -0.4 is 10.3 Å². The number of aryl methyl sites for hydroxylation is 2.